The summed E-state index contributed by atoms with van der Waals surface area (Å²) in [7, 11) is 0. The SMILES string of the molecule is c1ccc(-c2ccccc2-c2ccccc2-c2ccccc2N(c2ccc(-c3ccc4c(c3)oc3ccccc34)cc2)c2cccc3c2sc2ccccc23)cc1. The second-order valence-corrected chi connectivity index (χ2v) is 15.5. The molecule has 0 radical (unpaired) electrons. The predicted octanol–water partition coefficient (Wildman–Crippen LogP) is 16.1. The molecule has 0 N–H and O–H groups in total. The van der Waals surface area contributed by atoms with Gasteiger partial charge in [0.15, 0.2) is 0 Å². The molecule has 0 atom stereocenters. The lowest BCUT2D eigenvalue weighted by molar-refractivity contribution is 0.669. The molecule has 0 aliphatic carbocycles. The van der Waals surface area contributed by atoms with E-state index in [1.807, 2.05) is 23.5 Å². The Morgan fingerprint density at radius 3 is 1.70 bits per heavy atom. The first kappa shape index (κ1) is 33.2. The van der Waals surface area contributed by atoms with Crippen molar-refractivity contribution in [3.8, 4) is 44.5 Å². The van der Waals surface area contributed by atoms with E-state index in [0.717, 1.165) is 55.7 Å². The van der Waals surface area contributed by atoms with Crippen molar-refractivity contribution in [2.24, 2.45) is 0 Å². The van der Waals surface area contributed by atoms with Gasteiger partial charge < -0.3 is 9.32 Å². The molecule has 0 saturated heterocycles. The number of nitrogens with zero attached hydrogens (tertiary/aromatic N) is 1. The third kappa shape index (κ3) is 5.71. The topological polar surface area (TPSA) is 16.4 Å². The lowest BCUT2D eigenvalue weighted by atomic mass is 9.88. The van der Waals surface area contributed by atoms with Gasteiger partial charge in [0.2, 0.25) is 0 Å². The van der Waals surface area contributed by atoms with Crippen LogP contribution in [0.15, 0.2) is 217 Å². The number of para-hydroxylation sites is 2. The lowest BCUT2D eigenvalue weighted by Crippen LogP contribution is -2.11. The van der Waals surface area contributed by atoms with E-state index < -0.39 is 0 Å². The first-order valence-electron chi connectivity index (χ1n) is 19.3. The highest BCUT2D eigenvalue weighted by atomic mass is 32.1. The number of hydrogen-bond acceptors (Lipinski definition) is 3. The molecule has 11 aromatic rings. The molecular weight excluding hydrogens is 711 g/mol. The van der Waals surface area contributed by atoms with Crippen LogP contribution >= 0.6 is 11.3 Å². The number of hydrogen-bond donors (Lipinski definition) is 0. The van der Waals surface area contributed by atoms with Gasteiger partial charge in [-0.3, -0.25) is 0 Å². The quantitative estimate of drug-likeness (QED) is 0.162. The molecule has 2 nitrogen and oxygen atoms in total. The van der Waals surface area contributed by atoms with Crippen LogP contribution in [0.2, 0.25) is 0 Å². The van der Waals surface area contributed by atoms with Crippen LogP contribution in [0.25, 0.3) is 86.6 Å². The van der Waals surface area contributed by atoms with Gasteiger partial charge in [-0.2, -0.15) is 0 Å². The Bertz CT molecular complexity index is 3250. The Balaban J connectivity index is 1.10. The van der Waals surface area contributed by atoms with E-state index in [2.05, 4.69) is 205 Å². The summed E-state index contributed by atoms with van der Waals surface area (Å²) < 4.78 is 8.82. The highest BCUT2D eigenvalue weighted by molar-refractivity contribution is 7.26. The fourth-order valence-corrected chi connectivity index (χ4v) is 9.67. The average Bonchev–Trinajstić information content (AvgIpc) is 3.86. The molecule has 2 heterocycles. The summed E-state index contributed by atoms with van der Waals surface area (Å²) in [6.45, 7) is 0. The monoisotopic (exact) mass is 745 g/mol. The Morgan fingerprint density at radius 2 is 0.895 bits per heavy atom. The number of anilines is 3. The highest BCUT2D eigenvalue weighted by Gasteiger charge is 2.23. The Morgan fingerprint density at radius 1 is 0.333 bits per heavy atom. The fraction of sp³-hybridized carbons (Fsp3) is 0. The summed E-state index contributed by atoms with van der Waals surface area (Å²) in [6.07, 6.45) is 0. The molecule has 0 amide bonds. The molecule has 0 saturated carbocycles. The lowest BCUT2D eigenvalue weighted by Gasteiger charge is -2.29. The van der Waals surface area contributed by atoms with Crippen LogP contribution in [0.1, 0.15) is 0 Å². The summed E-state index contributed by atoms with van der Waals surface area (Å²) in [4.78, 5) is 2.46. The smallest absolute Gasteiger partial charge is 0.136 e. The molecule has 0 bridgehead atoms. The van der Waals surface area contributed by atoms with Gasteiger partial charge in [-0.25, -0.2) is 0 Å². The number of furan rings is 1. The van der Waals surface area contributed by atoms with Crippen molar-refractivity contribution in [2.45, 2.75) is 0 Å². The van der Waals surface area contributed by atoms with E-state index in [1.165, 1.54) is 48.0 Å². The molecule has 0 aliphatic rings. The third-order valence-electron chi connectivity index (χ3n) is 11.1. The van der Waals surface area contributed by atoms with Gasteiger partial charge in [0.05, 0.1) is 16.1 Å². The average molecular weight is 746 g/mol. The standard InChI is InChI=1S/C54H35NOS/c1-2-15-37(16-3-1)40-17-4-5-18-41(40)42-19-6-7-20-43(42)44-21-8-11-25-49(44)55(50-26-14-24-48-47-23-10-13-28-53(47)57-54(48)50)39-32-29-36(30-33-39)38-31-34-46-45-22-9-12-27-51(45)56-52(46)35-38/h1-35H. The van der Waals surface area contributed by atoms with E-state index in [1.54, 1.807) is 0 Å². The molecule has 9 aromatic carbocycles. The fourth-order valence-electron chi connectivity index (χ4n) is 8.46. The molecular formula is C54H35NOS. The molecule has 11 rings (SSSR count). The minimum Gasteiger partial charge on any atom is -0.456 e. The van der Waals surface area contributed by atoms with E-state index >= 15 is 0 Å². The normalized spacial score (nSPS) is 11.5. The van der Waals surface area contributed by atoms with Gasteiger partial charge in [0.25, 0.3) is 0 Å². The molecule has 2 aromatic heterocycles. The van der Waals surface area contributed by atoms with Crippen LogP contribution in [-0.2, 0) is 0 Å². The van der Waals surface area contributed by atoms with E-state index in [0.29, 0.717) is 0 Å². The molecule has 0 spiro atoms. The van der Waals surface area contributed by atoms with Crippen LogP contribution in [-0.4, -0.2) is 0 Å². The molecule has 268 valence electrons. The Kier molecular flexibility index (Phi) is 8.04. The van der Waals surface area contributed by atoms with Crippen molar-refractivity contribution in [1.82, 2.24) is 0 Å². The molecule has 0 unspecified atom stereocenters. The van der Waals surface area contributed by atoms with Crippen molar-refractivity contribution in [2.75, 3.05) is 4.90 Å². The number of rotatable bonds is 7. The number of benzene rings is 9. The Hall–Kier alpha value is -7.20. The van der Waals surface area contributed by atoms with Crippen LogP contribution in [0.4, 0.5) is 17.1 Å². The molecule has 57 heavy (non-hydrogen) atoms. The van der Waals surface area contributed by atoms with Crippen molar-refractivity contribution < 1.29 is 4.42 Å². The van der Waals surface area contributed by atoms with Crippen molar-refractivity contribution in [1.29, 1.82) is 0 Å². The largest absolute Gasteiger partial charge is 0.456 e. The zero-order chi connectivity index (χ0) is 37.7. The first-order chi connectivity index (χ1) is 28.3. The number of thiophene rings is 1. The maximum Gasteiger partial charge on any atom is 0.136 e. The molecule has 3 heteroatoms. The summed E-state index contributed by atoms with van der Waals surface area (Å²) in [6, 6.07) is 76.4. The van der Waals surface area contributed by atoms with Crippen molar-refractivity contribution in [3.63, 3.8) is 0 Å². The van der Waals surface area contributed by atoms with E-state index in [9.17, 15) is 0 Å². The van der Waals surface area contributed by atoms with Crippen LogP contribution < -0.4 is 4.90 Å². The van der Waals surface area contributed by atoms with Crippen molar-refractivity contribution >= 4 is 70.5 Å². The van der Waals surface area contributed by atoms with Crippen molar-refractivity contribution in [3.05, 3.63) is 212 Å². The van der Waals surface area contributed by atoms with E-state index in [4.69, 9.17) is 4.42 Å². The Labute approximate surface area is 335 Å². The van der Waals surface area contributed by atoms with Gasteiger partial charge in [-0.15, -0.1) is 11.3 Å². The summed E-state index contributed by atoms with van der Waals surface area (Å²) >= 11 is 1.86. The summed E-state index contributed by atoms with van der Waals surface area (Å²) in [5.41, 5.74) is 14.6. The van der Waals surface area contributed by atoms with Crippen LogP contribution in [0, 0.1) is 0 Å². The zero-order valence-corrected chi connectivity index (χ0v) is 31.8. The molecule has 0 fully saturated rings. The summed E-state index contributed by atoms with van der Waals surface area (Å²) in [5, 5.41) is 4.83. The van der Waals surface area contributed by atoms with Crippen LogP contribution in [0.5, 0.6) is 0 Å². The second kappa shape index (κ2) is 13.8. The maximum atomic E-state index is 6.28. The molecule has 0 aliphatic heterocycles. The van der Waals surface area contributed by atoms with Gasteiger partial charge in [0, 0.05) is 37.5 Å². The maximum absolute atomic E-state index is 6.28. The second-order valence-electron chi connectivity index (χ2n) is 14.4. The number of fused-ring (bicyclic) bond motifs is 6. The van der Waals surface area contributed by atoms with Gasteiger partial charge in [-0.1, -0.05) is 164 Å². The van der Waals surface area contributed by atoms with E-state index in [-0.39, 0.29) is 0 Å². The van der Waals surface area contributed by atoms with Gasteiger partial charge >= 0.3 is 0 Å². The first-order valence-corrected chi connectivity index (χ1v) is 20.2. The van der Waals surface area contributed by atoms with Gasteiger partial charge in [0.1, 0.15) is 11.2 Å². The predicted molar refractivity (Wildman–Crippen MR) is 243 cm³/mol. The highest BCUT2D eigenvalue weighted by Crippen LogP contribution is 2.49. The third-order valence-corrected chi connectivity index (χ3v) is 12.3. The van der Waals surface area contributed by atoms with Gasteiger partial charge in [-0.05, 0) is 87.5 Å². The zero-order valence-electron chi connectivity index (χ0n) is 31.0. The van der Waals surface area contributed by atoms with Crippen LogP contribution in [0.3, 0.4) is 0 Å². The minimum atomic E-state index is 0.900. The minimum absolute atomic E-state index is 0.900. The summed E-state index contributed by atoms with van der Waals surface area (Å²) in [5.74, 6) is 0.